The maximum atomic E-state index is 5.59. The van der Waals surface area contributed by atoms with Crippen LogP contribution in [-0.4, -0.2) is 11.1 Å². The molecule has 0 aliphatic carbocycles. The van der Waals surface area contributed by atoms with Gasteiger partial charge >= 0.3 is 0 Å². The number of ether oxygens (including phenoxy) is 1. The average molecular weight is 179 g/mol. The van der Waals surface area contributed by atoms with E-state index in [1.165, 1.54) is 5.56 Å². The molecule has 0 aliphatic rings. The summed E-state index contributed by atoms with van der Waals surface area (Å²) in [5.74, 6) is 0.734. The van der Waals surface area contributed by atoms with Crippen LogP contribution in [0.2, 0.25) is 0 Å². The van der Waals surface area contributed by atoms with Gasteiger partial charge < -0.3 is 4.74 Å². The summed E-state index contributed by atoms with van der Waals surface area (Å²) in [5, 5.41) is 0. The van der Waals surface area contributed by atoms with Crippen LogP contribution in [0.1, 0.15) is 31.5 Å². The van der Waals surface area contributed by atoms with E-state index in [1.54, 1.807) is 0 Å². The highest BCUT2D eigenvalue weighted by atomic mass is 16.5. The molecular formula is C11H17NO. The molecule has 1 heterocycles. The molecule has 0 saturated carbocycles. The van der Waals surface area contributed by atoms with E-state index in [2.05, 4.69) is 25.8 Å². The largest absolute Gasteiger partial charge is 0.475 e. The Morgan fingerprint density at radius 1 is 1.38 bits per heavy atom. The maximum absolute atomic E-state index is 5.59. The lowest BCUT2D eigenvalue weighted by Gasteiger charge is -2.12. The number of hydrogen-bond donors (Lipinski definition) is 0. The van der Waals surface area contributed by atoms with Crippen molar-refractivity contribution in [2.45, 2.75) is 40.2 Å². The first kappa shape index (κ1) is 10.0. The molecular weight excluding hydrogens is 162 g/mol. The van der Waals surface area contributed by atoms with Gasteiger partial charge in [0.1, 0.15) is 0 Å². The standard InChI is InChI=1S/C11H17NO/c1-5-9(3)13-11-7-6-8(2)10(4)12-11/h6-7,9H,5H2,1-4H3. The van der Waals surface area contributed by atoms with E-state index in [0.717, 1.165) is 18.0 Å². The number of hydrogen-bond acceptors (Lipinski definition) is 2. The first-order valence-electron chi connectivity index (χ1n) is 4.74. The predicted molar refractivity (Wildman–Crippen MR) is 54.1 cm³/mol. The molecule has 1 aromatic rings. The van der Waals surface area contributed by atoms with Crippen LogP contribution in [0.3, 0.4) is 0 Å². The van der Waals surface area contributed by atoms with E-state index in [0.29, 0.717) is 0 Å². The van der Waals surface area contributed by atoms with Gasteiger partial charge in [0.05, 0.1) is 6.10 Å². The van der Waals surface area contributed by atoms with Crippen LogP contribution >= 0.6 is 0 Å². The highest BCUT2D eigenvalue weighted by Gasteiger charge is 2.02. The van der Waals surface area contributed by atoms with Crippen molar-refractivity contribution in [3.63, 3.8) is 0 Å². The van der Waals surface area contributed by atoms with Crippen molar-refractivity contribution in [3.8, 4) is 5.88 Å². The highest BCUT2D eigenvalue weighted by molar-refractivity contribution is 5.23. The van der Waals surface area contributed by atoms with Gasteiger partial charge in [0.25, 0.3) is 0 Å². The van der Waals surface area contributed by atoms with Crippen molar-refractivity contribution < 1.29 is 4.74 Å². The highest BCUT2D eigenvalue weighted by Crippen LogP contribution is 2.13. The molecule has 2 nitrogen and oxygen atoms in total. The Balaban J connectivity index is 2.73. The van der Waals surface area contributed by atoms with Crippen molar-refractivity contribution >= 4 is 0 Å². The van der Waals surface area contributed by atoms with E-state index in [4.69, 9.17) is 4.74 Å². The zero-order valence-corrected chi connectivity index (χ0v) is 8.79. The van der Waals surface area contributed by atoms with Crippen molar-refractivity contribution in [3.05, 3.63) is 23.4 Å². The van der Waals surface area contributed by atoms with Crippen molar-refractivity contribution in [2.24, 2.45) is 0 Å². The topological polar surface area (TPSA) is 22.1 Å². The Labute approximate surface area is 80.0 Å². The number of rotatable bonds is 3. The van der Waals surface area contributed by atoms with Crippen molar-refractivity contribution in [1.82, 2.24) is 4.98 Å². The quantitative estimate of drug-likeness (QED) is 0.711. The van der Waals surface area contributed by atoms with Gasteiger partial charge in [-0.15, -0.1) is 0 Å². The summed E-state index contributed by atoms with van der Waals surface area (Å²) in [5.41, 5.74) is 2.25. The molecule has 0 aliphatic heterocycles. The molecule has 2 heteroatoms. The third-order valence-electron chi connectivity index (χ3n) is 2.22. The Morgan fingerprint density at radius 2 is 2.08 bits per heavy atom. The smallest absolute Gasteiger partial charge is 0.213 e. The molecule has 0 spiro atoms. The van der Waals surface area contributed by atoms with Crippen LogP contribution in [0.25, 0.3) is 0 Å². The van der Waals surface area contributed by atoms with Crippen LogP contribution < -0.4 is 4.74 Å². The predicted octanol–water partition coefficient (Wildman–Crippen LogP) is 2.88. The number of nitrogens with zero attached hydrogens (tertiary/aromatic N) is 1. The first-order chi connectivity index (χ1) is 6.13. The first-order valence-corrected chi connectivity index (χ1v) is 4.74. The summed E-state index contributed by atoms with van der Waals surface area (Å²) in [6.07, 6.45) is 1.25. The Morgan fingerprint density at radius 3 is 2.62 bits per heavy atom. The van der Waals surface area contributed by atoms with Crippen LogP contribution in [-0.2, 0) is 0 Å². The van der Waals surface area contributed by atoms with E-state index in [1.807, 2.05) is 19.1 Å². The van der Waals surface area contributed by atoms with Gasteiger partial charge in [-0.05, 0) is 32.8 Å². The molecule has 72 valence electrons. The molecule has 0 aromatic carbocycles. The van der Waals surface area contributed by atoms with Crippen LogP contribution in [0.15, 0.2) is 12.1 Å². The second-order valence-electron chi connectivity index (χ2n) is 3.39. The lowest BCUT2D eigenvalue weighted by atomic mass is 10.2. The Bertz CT molecular complexity index is 283. The SMILES string of the molecule is CCC(C)Oc1ccc(C)c(C)n1. The maximum Gasteiger partial charge on any atom is 0.213 e. The lowest BCUT2D eigenvalue weighted by molar-refractivity contribution is 0.208. The fraction of sp³-hybridized carbons (Fsp3) is 0.545. The molecule has 0 N–H and O–H groups in total. The minimum Gasteiger partial charge on any atom is -0.475 e. The van der Waals surface area contributed by atoms with Crippen LogP contribution in [0.4, 0.5) is 0 Å². The number of aromatic nitrogens is 1. The summed E-state index contributed by atoms with van der Waals surface area (Å²) in [7, 11) is 0. The van der Waals surface area contributed by atoms with E-state index < -0.39 is 0 Å². The molecule has 13 heavy (non-hydrogen) atoms. The molecule has 1 aromatic heterocycles. The fourth-order valence-corrected chi connectivity index (χ4v) is 0.963. The summed E-state index contributed by atoms with van der Waals surface area (Å²) in [4.78, 5) is 4.34. The third kappa shape index (κ3) is 2.72. The number of aryl methyl sites for hydroxylation is 2. The van der Waals surface area contributed by atoms with Gasteiger partial charge in [-0.2, -0.15) is 0 Å². The van der Waals surface area contributed by atoms with Gasteiger partial charge in [-0.3, -0.25) is 0 Å². The normalized spacial score (nSPS) is 12.6. The molecule has 0 fully saturated rings. The molecule has 1 rings (SSSR count). The monoisotopic (exact) mass is 179 g/mol. The van der Waals surface area contributed by atoms with Crippen LogP contribution in [0.5, 0.6) is 5.88 Å². The lowest BCUT2D eigenvalue weighted by Crippen LogP contribution is -2.11. The second kappa shape index (κ2) is 4.26. The van der Waals surface area contributed by atoms with Gasteiger partial charge in [0.15, 0.2) is 0 Å². The third-order valence-corrected chi connectivity index (χ3v) is 2.22. The minimum absolute atomic E-state index is 0.245. The van der Waals surface area contributed by atoms with Gasteiger partial charge in [-0.1, -0.05) is 13.0 Å². The van der Waals surface area contributed by atoms with Crippen LogP contribution in [0, 0.1) is 13.8 Å². The molecule has 1 atom stereocenters. The zero-order chi connectivity index (χ0) is 9.84. The fourth-order valence-electron chi connectivity index (χ4n) is 0.963. The van der Waals surface area contributed by atoms with E-state index in [-0.39, 0.29) is 6.10 Å². The molecule has 0 radical (unpaired) electrons. The zero-order valence-electron chi connectivity index (χ0n) is 8.79. The number of pyridine rings is 1. The summed E-state index contributed by atoms with van der Waals surface area (Å²) < 4.78 is 5.59. The van der Waals surface area contributed by atoms with Gasteiger partial charge in [0.2, 0.25) is 5.88 Å². The summed E-state index contributed by atoms with van der Waals surface area (Å²) >= 11 is 0. The minimum atomic E-state index is 0.245. The molecule has 0 saturated heterocycles. The Kier molecular flexibility index (Phi) is 3.29. The average Bonchev–Trinajstić information content (AvgIpc) is 2.11. The van der Waals surface area contributed by atoms with Gasteiger partial charge in [-0.25, -0.2) is 4.98 Å². The van der Waals surface area contributed by atoms with Crippen molar-refractivity contribution in [1.29, 1.82) is 0 Å². The second-order valence-corrected chi connectivity index (χ2v) is 3.39. The summed E-state index contributed by atoms with van der Waals surface area (Å²) in [6, 6.07) is 3.97. The van der Waals surface area contributed by atoms with E-state index in [9.17, 15) is 0 Å². The van der Waals surface area contributed by atoms with Crippen molar-refractivity contribution in [2.75, 3.05) is 0 Å². The summed E-state index contributed by atoms with van der Waals surface area (Å²) in [6.45, 7) is 8.21. The molecule has 0 bridgehead atoms. The Hall–Kier alpha value is -1.05. The van der Waals surface area contributed by atoms with Gasteiger partial charge in [0, 0.05) is 11.8 Å². The van der Waals surface area contributed by atoms with E-state index >= 15 is 0 Å². The molecule has 1 unspecified atom stereocenters. The molecule has 0 amide bonds.